The average molecular weight is 435 g/mol. The van der Waals surface area contributed by atoms with Crippen LogP contribution in [0, 0.1) is 20.8 Å². The summed E-state index contributed by atoms with van der Waals surface area (Å²) in [7, 11) is -3.61. The molecule has 5 nitrogen and oxygen atoms in total. The van der Waals surface area contributed by atoms with Crippen molar-refractivity contribution in [3.8, 4) is 0 Å². The van der Waals surface area contributed by atoms with E-state index in [1.165, 1.54) is 15.4 Å². The van der Waals surface area contributed by atoms with Gasteiger partial charge in [0, 0.05) is 18.1 Å². The molecule has 2 aromatic carbocycles. The molecule has 0 heterocycles. The number of thioether (sulfide) groups is 1. The van der Waals surface area contributed by atoms with Crippen LogP contribution in [0.15, 0.2) is 42.5 Å². The van der Waals surface area contributed by atoms with Gasteiger partial charge in [0.25, 0.3) is 0 Å². The van der Waals surface area contributed by atoms with Crippen LogP contribution in [-0.2, 0) is 20.6 Å². The molecule has 158 valence electrons. The highest BCUT2D eigenvalue weighted by Gasteiger charge is 2.30. The molecule has 0 bridgehead atoms. The van der Waals surface area contributed by atoms with Gasteiger partial charge < -0.3 is 5.32 Å². The summed E-state index contributed by atoms with van der Waals surface area (Å²) in [5, 5.41) is 2.87. The number of rotatable bonds is 9. The molecule has 0 aliphatic heterocycles. The number of aryl methyl sites for hydroxylation is 3. The molecular weight excluding hydrogens is 404 g/mol. The van der Waals surface area contributed by atoms with Crippen molar-refractivity contribution in [2.75, 3.05) is 22.9 Å². The molecule has 7 heteroatoms. The van der Waals surface area contributed by atoms with E-state index in [1.807, 2.05) is 32.0 Å². The minimum absolute atomic E-state index is 0.299. The number of anilines is 1. The maximum Gasteiger partial charge on any atom is 0.243 e. The maximum atomic E-state index is 12.7. The number of nitrogens with one attached hydrogen (secondary N) is 1. The van der Waals surface area contributed by atoms with Crippen LogP contribution in [0.3, 0.4) is 0 Å². The summed E-state index contributed by atoms with van der Waals surface area (Å²) in [4.78, 5) is 12.7. The molecule has 0 saturated heterocycles. The average Bonchev–Trinajstić information content (AvgIpc) is 2.63. The Morgan fingerprint density at radius 2 is 1.79 bits per heavy atom. The van der Waals surface area contributed by atoms with Crippen LogP contribution in [0.25, 0.3) is 0 Å². The fourth-order valence-electron chi connectivity index (χ4n) is 3.12. The van der Waals surface area contributed by atoms with E-state index >= 15 is 0 Å². The predicted octanol–water partition coefficient (Wildman–Crippen LogP) is 3.82. The molecule has 0 fully saturated rings. The quantitative estimate of drug-likeness (QED) is 0.610. The molecule has 0 aliphatic rings. The van der Waals surface area contributed by atoms with Crippen molar-refractivity contribution >= 4 is 33.4 Å². The van der Waals surface area contributed by atoms with E-state index in [2.05, 4.69) is 30.4 Å². The van der Waals surface area contributed by atoms with E-state index in [4.69, 9.17) is 0 Å². The first-order chi connectivity index (χ1) is 13.6. The Bertz CT molecular complexity index is 958. The molecule has 1 atom stereocenters. The van der Waals surface area contributed by atoms with Crippen LogP contribution in [0.5, 0.6) is 0 Å². The second-order valence-electron chi connectivity index (χ2n) is 7.36. The third-order valence-electron chi connectivity index (χ3n) is 4.59. The van der Waals surface area contributed by atoms with Gasteiger partial charge in [-0.2, -0.15) is 11.8 Å². The van der Waals surface area contributed by atoms with E-state index < -0.39 is 16.1 Å². The first-order valence-electron chi connectivity index (χ1n) is 9.57. The Morgan fingerprint density at radius 1 is 1.10 bits per heavy atom. The van der Waals surface area contributed by atoms with Crippen LogP contribution in [0.2, 0.25) is 0 Å². The Hall–Kier alpha value is -1.99. The second kappa shape index (κ2) is 10.2. The molecular formula is C22H30N2O3S2. The third kappa shape index (κ3) is 6.78. The minimum atomic E-state index is -3.61. The SMILES string of the molecule is Cc1cccc(CSCCNC(=O)[C@H](C)N(c2cc(C)ccc2C)S(C)(=O)=O)c1. The molecule has 0 aromatic heterocycles. The van der Waals surface area contributed by atoms with E-state index in [0.717, 1.165) is 28.9 Å². The van der Waals surface area contributed by atoms with Gasteiger partial charge in [-0.25, -0.2) is 8.42 Å². The Labute approximate surface area is 178 Å². The molecule has 0 spiro atoms. The summed E-state index contributed by atoms with van der Waals surface area (Å²) >= 11 is 1.74. The number of carbonyl (C=O) groups is 1. The van der Waals surface area contributed by atoms with Crippen molar-refractivity contribution in [3.63, 3.8) is 0 Å². The number of amides is 1. The van der Waals surface area contributed by atoms with Crippen molar-refractivity contribution in [2.24, 2.45) is 0 Å². The number of benzene rings is 2. The zero-order chi connectivity index (χ0) is 21.6. The Balaban J connectivity index is 1.96. The fourth-order valence-corrected chi connectivity index (χ4v) is 5.15. The van der Waals surface area contributed by atoms with Crippen LogP contribution in [0.1, 0.15) is 29.2 Å². The number of carbonyl (C=O) groups excluding carboxylic acids is 1. The highest BCUT2D eigenvalue weighted by Crippen LogP contribution is 2.26. The van der Waals surface area contributed by atoms with Crippen molar-refractivity contribution in [3.05, 3.63) is 64.7 Å². The number of sulfonamides is 1. The molecule has 2 aromatic rings. The molecule has 1 N–H and O–H groups in total. The normalized spacial score (nSPS) is 12.4. The lowest BCUT2D eigenvalue weighted by molar-refractivity contribution is -0.121. The van der Waals surface area contributed by atoms with E-state index in [0.29, 0.717) is 12.2 Å². The Kier molecular flexibility index (Phi) is 8.16. The number of hydrogen-bond donors (Lipinski definition) is 1. The molecule has 1 amide bonds. The lowest BCUT2D eigenvalue weighted by atomic mass is 10.1. The summed E-state index contributed by atoms with van der Waals surface area (Å²) in [5.41, 5.74) is 4.79. The lowest BCUT2D eigenvalue weighted by Gasteiger charge is -2.29. The van der Waals surface area contributed by atoms with Gasteiger partial charge in [-0.3, -0.25) is 9.10 Å². The van der Waals surface area contributed by atoms with Gasteiger partial charge in [-0.1, -0.05) is 42.0 Å². The zero-order valence-electron chi connectivity index (χ0n) is 17.7. The monoisotopic (exact) mass is 434 g/mol. The van der Waals surface area contributed by atoms with Gasteiger partial charge >= 0.3 is 0 Å². The zero-order valence-corrected chi connectivity index (χ0v) is 19.4. The standard InChI is InChI=1S/C22H30N2O3S2/c1-16-7-6-8-20(13-16)15-28-12-11-23-22(25)19(4)24(29(5,26)27)21-14-17(2)9-10-18(21)3/h6-10,13-14,19H,11-12,15H2,1-5H3,(H,23,25)/t19-/m0/s1. The fraction of sp³-hybridized carbons (Fsp3) is 0.409. The van der Waals surface area contributed by atoms with Crippen molar-refractivity contribution in [2.45, 2.75) is 39.5 Å². The van der Waals surface area contributed by atoms with Crippen LogP contribution >= 0.6 is 11.8 Å². The van der Waals surface area contributed by atoms with Gasteiger partial charge in [0.15, 0.2) is 0 Å². The molecule has 0 unspecified atom stereocenters. The first kappa shape index (κ1) is 23.3. The molecule has 0 saturated carbocycles. The van der Waals surface area contributed by atoms with Crippen molar-refractivity contribution in [1.29, 1.82) is 0 Å². The van der Waals surface area contributed by atoms with Gasteiger partial charge in [-0.15, -0.1) is 0 Å². The molecule has 0 radical (unpaired) electrons. The highest BCUT2D eigenvalue weighted by atomic mass is 32.2. The van der Waals surface area contributed by atoms with Crippen LogP contribution in [0.4, 0.5) is 5.69 Å². The van der Waals surface area contributed by atoms with Crippen molar-refractivity contribution in [1.82, 2.24) is 5.32 Å². The topological polar surface area (TPSA) is 66.5 Å². The molecule has 29 heavy (non-hydrogen) atoms. The van der Waals surface area contributed by atoms with E-state index in [9.17, 15) is 13.2 Å². The van der Waals surface area contributed by atoms with Crippen molar-refractivity contribution < 1.29 is 13.2 Å². The predicted molar refractivity (Wildman–Crippen MR) is 123 cm³/mol. The summed E-state index contributed by atoms with van der Waals surface area (Å²) in [5.74, 6) is 1.34. The molecule has 0 aliphatic carbocycles. The summed E-state index contributed by atoms with van der Waals surface area (Å²) in [6.45, 7) is 7.93. The molecule has 2 rings (SSSR count). The van der Waals surface area contributed by atoms with E-state index in [1.54, 1.807) is 24.8 Å². The summed E-state index contributed by atoms with van der Waals surface area (Å²) < 4.78 is 26.1. The van der Waals surface area contributed by atoms with Crippen LogP contribution in [-0.4, -0.2) is 38.9 Å². The van der Waals surface area contributed by atoms with Gasteiger partial charge in [0.1, 0.15) is 6.04 Å². The van der Waals surface area contributed by atoms with E-state index in [-0.39, 0.29) is 5.91 Å². The second-order valence-corrected chi connectivity index (χ2v) is 10.3. The number of hydrogen-bond acceptors (Lipinski definition) is 4. The Morgan fingerprint density at radius 3 is 2.45 bits per heavy atom. The van der Waals surface area contributed by atoms with Gasteiger partial charge in [0.05, 0.1) is 11.9 Å². The van der Waals surface area contributed by atoms with Gasteiger partial charge in [-0.05, 0) is 50.5 Å². The van der Waals surface area contributed by atoms with Gasteiger partial charge in [0.2, 0.25) is 15.9 Å². The summed E-state index contributed by atoms with van der Waals surface area (Å²) in [6.07, 6.45) is 1.14. The lowest BCUT2D eigenvalue weighted by Crippen LogP contribution is -2.48. The van der Waals surface area contributed by atoms with Crippen LogP contribution < -0.4 is 9.62 Å². The number of nitrogens with zero attached hydrogens (tertiary/aromatic N) is 1. The summed E-state index contributed by atoms with van der Waals surface area (Å²) in [6, 6.07) is 13.1. The largest absolute Gasteiger partial charge is 0.353 e. The third-order valence-corrected chi connectivity index (χ3v) is 6.85. The highest BCUT2D eigenvalue weighted by molar-refractivity contribution is 7.98. The minimum Gasteiger partial charge on any atom is -0.353 e. The first-order valence-corrected chi connectivity index (χ1v) is 12.6. The maximum absolute atomic E-state index is 12.7. The smallest absolute Gasteiger partial charge is 0.243 e.